The summed E-state index contributed by atoms with van der Waals surface area (Å²) in [7, 11) is 0. The van der Waals surface area contributed by atoms with Crippen LogP contribution in [0.3, 0.4) is 0 Å². The van der Waals surface area contributed by atoms with E-state index in [4.69, 9.17) is 5.26 Å². The van der Waals surface area contributed by atoms with Gasteiger partial charge in [0, 0.05) is 47.4 Å². The molecule has 0 fully saturated rings. The first-order valence-corrected chi connectivity index (χ1v) is 0.258. The third-order valence-corrected chi connectivity index (χ3v) is 0. The first-order chi connectivity index (χ1) is 1.00. The summed E-state index contributed by atoms with van der Waals surface area (Å²) in [6.45, 7) is 3.50. The second-order valence-corrected chi connectivity index (χ2v) is 0. The quantitative estimate of drug-likeness (QED) is 0.591. The van der Waals surface area contributed by atoms with Crippen LogP contribution >= 0.6 is 0 Å². The first kappa shape index (κ1) is 76.6. The maximum Gasteiger partial charge on any atom is 0.0462 e. The Hall–Kier alpha value is 0.675. The Morgan fingerprint density at radius 2 is 0.833 bits per heavy atom. The van der Waals surface area contributed by atoms with E-state index in [1.54, 1.807) is 0 Å². The molecule has 0 atom stereocenters. The van der Waals surface area contributed by atoms with Gasteiger partial charge in [-0.3, -0.25) is 9.41 Å². The summed E-state index contributed by atoms with van der Waals surface area (Å²) in [5.41, 5.74) is 0. The minimum absolute atomic E-state index is 0. The molecule has 0 bridgehead atoms. The van der Waals surface area contributed by atoms with Gasteiger partial charge < -0.3 is 0 Å². The number of hydrogen-bond donors (Lipinski definition) is 0. The molecule has 0 saturated carbocycles. The average Bonchev–Trinajstić information content (AvgIpc) is 1.00. The van der Waals surface area contributed by atoms with E-state index in [1.807, 2.05) is 0 Å². The fraction of sp³-hybridized carbons (Fsp3) is 0. The van der Waals surface area contributed by atoms with Crippen LogP contribution in [0.25, 0.3) is 0 Å². The molecule has 0 aliphatic rings. The minimum Gasteiger partial charge on any atom is -0.269 e. The van der Waals surface area contributed by atoms with Crippen molar-refractivity contribution in [2.24, 2.45) is 0 Å². The Morgan fingerprint density at radius 3 is 0.833 bits per heavy atom. The van der Waals surface area contributed by atoms with Gasteiger partial charge in [-0.05, 0) is 0 Å². The number of hydrogen-bond acceptors (Lipinski definition) is 1. The van der Waals surface area contributed by atoms with E-state index in [-0.39, 0.29) is 50.3 Å². The molecule has 0 aliphatic carbocycles. The van der Waals surface area contributed by atoms with Crippen molar-refractivity contribution in [1.82, 2.24) is 0 Å². The van der Waals surface area contributed by atoms with Crippen molar-refractivity contribution < 1.29 is 50.3 Å². The van der Waals surface area contributed by atoms with Crippen LogP contribution in [0.5, 0.6) is 0 Å². The number of nitriles is 1. The van der Waals surface area contributed by atoms with Gasteiger partial charge in [-0.2, -0.15) is 0 Å². The van der Waals surface area contributed by atoms with Crippen LogP contribution in [0.4, 0.5) is 9.41 Å². The van der Waals surface area contributed by atoms with Crippen molar-refractivity contribution in [2.45, 2.75) is 0 Å². The van der Waals surface area contributed by atoms with E-state index in [0.29, 0.717) is 0 Å². The Morgan fingerprint density at radius 1 is 0.833 bits per heavy atom. The standard InChI is InChI=1S/CHN.2FH.2Pd/c1-2;;;;/h1H;2*1H;;. The molecule has 0 N–H and O–H groups in total. The molecule has 0 radical (unpaired) electrons. The molecule has 5 heteroatoms. The van der Waals surface area contributed by atoms with Gasteiger partial charge in [0.05, 0.1) is 0 Å². The topological polar surface area (TPSA) is 23.8 Å². The van der Waals surface area contributed by atoms with E-state index in [2.05, 4.69) is 6.57 Å². The summed E-state index contributed by atoms with van der Waals surface area (Å²) in [6, 6.07) is 0. The molecule has 0 heterocycles. The zero-order valence-corrected chi connectivity index (χ0v) is 5.58. The Kier molecular flexibility index (Phi) is 3480. The van der Waals surface area contributed by atoms with Crippen LogP contribution in [-0.2, 0) is 40.8 Å². The van der Waals surface area contributed by atoms with Crippen molar-refractivity contribution in [2.75, 3.05) is 0 Å². The van der Waals surface area contributed by atoms with Gasteiger partial charge in [0.25, 0.3) is 0 Å². The van der Waals surface area contributed by atoms with E-state index < -0.39 is 0 Å². The molecule has 0 unspecified atom stereocenters. The third-order valence-electron chi connectivity index (χ3n) is 0. The summed E-state index contributed by atoms with van der Waals surface area (Å²) in [5, 5.41) is 6.50. The van der Waals surface area contributed by atoms with Crippen LogP contribution in [0.1, 0.15) is 0 Å². The van der Waals surface area contributed by atoms with Crippen LogP contribution in [0.2, 0.25) is 0 Å². The Labute approximate surface area is 62.1 Å². The molecule has 0 rings (SSSR count). The van der Waals surface area contributed by atoms with Crippen LogP contribution < -0.4 is 0 Å². The predicted molar refractivity (Wildman–Crippen MR) is 11.7 cm³/mol. The number of halogens is 2. The fourth-order valence-corrected chi connectivity index (χ4v) is 0. The van der Waals surface area contributed by atoms with E-state index in [0.717, 1.165) is 0 Å². The largest absolute Gasteiger partial charge is 0.269 e. The molecule has 0 amide bonds. The molecular weight excluding hydrogens is 277 g/mol. The normalized spacial score (nSPS) is 0.333. The monoisotopic (exact) mass is 279 g/mol. The number of rotatable bonds is 0. The molecule has 0 aromatic heterocycles. The van der Waals surface area contributed by atoms with E-state index in [9.17, 15) is 0 Å². The molecule has 0 aliphatic heterocycles. The molecule has 1 nitrogen and oxygen atoms in total. The molecular formula is CH3F2NPd2. The summed E-state index contributed by atoms with van der Waals surface area (Å²) in [6.07, 6.45) is 0. The smallest absolute Gasteiger partial charge is 0.0462 e. The molecule has 0 aromatic carbocycles. The van der Waals surface area contributed by atoms with Crippen LogP contribution in [0.15, 0.2) is 0 Å². The van der Waals surface area contributed by atoms with Crippen molar-refractivity contribution in [3.63, 3.8) is 0 Å². The summed E-state index contributed by atoms with van der Waals surface area (Å²) in [4.78, 5) is 0. The molecule has 6 heavy (non-hydrogen) atoms. The van der Waals surface area contributed by atoms with Crippen LogP contribution in [-0.4, -0.2) is 0 Å². The maximum atomic E-state index is 6.50. The van der Waals surface area contributed by atoms with Crippen LogP contribution in [0, 0.1) is 11.8 Å². The van der Waals surface area contributed by atoms with Gasteiger partial charge in [-0.1, -0.05) is 0 Å². The maximum absolute atomic E-state index is 6.50. The van der Waals surface area contributed by atoms with Gasteiger partial charge in [0.15, 0.2) is 0 Å². The first-order valence-electron chi connectivity index (χ1n) is 0.258. The summed E-state index contributed by atoms with van der Waals surface area (Å²) in [5.74, 6) is 0. The van der Waals surface area contributed by atoms with E-state index in [1.165, 1.54) is 0 Å². The zero-order valence-electron chi connectivity index (χ0n) is 2.47. The molecule has 0 saturated heterocycles. The minimum atomic E-state index is 0. The van der Waals surface area contributed by atoms with Gasteiger partial charge in [0.2, 0.25) is 0 Å². The average molecular weight is 280 g/mol. The predicted octanol–water partition coefficient (Wildman–Crippen LogP) is 0.440. The second kappa shape index (κ2) is 272. The zero-order chi connectivity index (χ0) is 2.00. The summed E-state index contributed by atoms with van der Waals surface area (Å²) >= 11 is 0. The second-order valence-electron chi connectivity index (χ2n) is 0. The van der Waals surface area contributed by atoms with E-state index >= 15 is 0 Å². The van der Waals surface area contributed by atoms with Gasteiger partial charge in [0.1, 0.15) is 0 Å². The number of nitrogens with zero attached hydrogens (tertiary/aromatic N) is 1. The Balaban J connectivity index is -0.000000000833. The molecule has 0 aromatic rings. The van der Waals surface area contributed by atoms with Gasteiger partial charge >= 0.3 is 0 Å². The molecule has 46 valence electrons. The third kappa shape index (κ3) is 139. The van der Waals surface area contributed by atoms with Gasteiger partial charge in [-0.25, -0.2) is 5.26 Å². The van der Waals surface area contributed by atoms with Gasteiger partial charge in [-0.15, -0.1) is 0 Å². The van der Waals surface area contributed by atoms with Crippen molar-refractivity contribution in [1.29, 1.82) is 5.26 Å². The summed E-state index contributed by atoms with van der Waals surface area (Å²) < 4.78 is 0. The van der Waals surface area contributed by atoms with Crippen molar-refractivity contribution in [3.8, 4) is 6.57 Å². The SMILES string of the molecule is C#N.F.F.[Pd].[Pd]. The van der Waals surface area contributed by atoms with Crippen molar-refractivity contribution >= 4 is 0 Å². The fourth-order valence-electron chi connectivity index (χ4n) is 0. The van der Waals surface area contributed by atoms with Crippen molar-refractivity contribution in [3.05, 3.63) is 0 Å². The Bertz CT molecular complexity index is 16.3. The molecule has 0 spiro atoms.